The molecular formula is C6H14I2O2Si. The number of hydrogen-bond acceptors (Lipinski definition) is 2. The predicted molar refractivity (Wildman–Crippen MR) is 66.2 cm³/mol. The highest BCUT2D eigenvalue weighted by Crippen LogP contribution is 2.27. The van der Waals surface area contributed by atoms with Crippen LogP contribution in [0.1, 0.15) is 27.7 Å². The van der Waals surface area contributed by atoms with Crippen LogP contribution in [0, 0.1) is 0 Å². The van der Waals surface area contributed by atoms with Crippen LogP contribution in [-0.2, 0) is 8.85 Å². The third-order valence-electron chi connectivity index (χ3n) is 0.746. The van der Waals surface area contributed by atoms with Gasteiger partial charge in [0.05, 0.1) is 0 Å². The Morgan fingerprint density at radius 1 is 0.909 bits per heavy atom. The Kier molecular flexibility index (Phi) is 6.13. The summed E-state index contributed by atoms with van der Waals surface area (Å²) in [5, 5.41) is 0. The average Bonchev–Trinajstić information content (AvgIpc) is 1.53. The zero-order chi connectivity index (χ0) is 9.07. The summed E-state index contributed by atoms with van der Waals surface area (Å²) in [5.74, 6) is 0. The number of halogens is 2. The van der Waals surface area contributed by atoms with Crippen LogP contribution >= 0.6 is 43.6 Å². The fourth-order valence-corrected chi connectivity index (χ4v) is 7.83. The predicted octanol–water partition coefficient (Wildman–Crippen LogP) is 3.14. The second kappa shape index (κ2) is 5.35. The van der Waals surface area contributed by atoms with Gasteiger partial charge in [-0.3, -0.25) is 0 Å². The third-order valence-corrected chi connectivity index (χ3v) is 5.29. The molecule has 0 fully saturated rings. The van der Waals surface area contributed by atoms with E-state index in [9.17, 15) is 0 Å². The first kappa shape index (κ1) is 12.6. The molecule has 0 aliphatic carbocycles. The molecule has 0 spiro atoms. The fourth-order valence-electron chi connectivity index (χ4n) is 0.577. The van der Waals surface area contributed by atoms with E-state index in [-0.39, 0.29) is 12.2 Å². The molecule has 0 saturated carbocycles. The fraction of sp³-hybridized carbons (Fsp3) is 1.00. The second-order valence-corrected chi connectivity index (χ2v) is 18.9. The zero-order valence-corrected chi connectivity index (χ0v) is 12.5. The third kappa shape index (κ3) is 7.94. The van der Waals surface area contributed by atoms with Gasteiger partial charge in [0, 0.05) is 12.2 Å². The van der Waals surface area contributed by atoms with E-state index in [2.05, 4.69) is 43.6 Å². The average molecular weight is 400 g/mol. The smallest absolute Gasteiger partial charge is 0.377 e. The minimum atomic E-state index is -1.89. The van der Waals surface area contributed by atoms with Crippen LogP contribution in [0.3, 0.4) is 0 Å². The summed E-state index contributed by atoms with van der Waals surface area (Å²) in [6.07, 6.45) is 0.517. The second-order valence-electron chi connectivity index (χ2n) is 2.80. The highest BCUT2D eigenvalue weighted by atomic mass is 127. The van der Waals surface area contributed by atoms with Gasteiger partial charge in [0.1, 0.15) is 0 Å². The number of hydrogen-bond donors (Lipinski definition) is 0. The Morgan fingerprint density at radius 3 is 1.36 bits per heavy atom. The standard InChI is InChI=1S/C6H14I2O2Si/c1-5(2)9-11(7,8)10-6(3)4/h5-6H,1-4H3. The van der Waals surface area contributed by atoms with Crippen molar-refractivity contribution in [1.29, 1.82) is 0 Å². The van der Waals surface area contributed by atoms with Crippen molar-refractivity contribution in [1.82, 2.24) is 0 Å². The van der Waals surface area contributed by atoms with E-state index in [0.717, 1.165) is 0 Å². The van der Waals surface area contributed by atoms with E-state index in [1.54, 1.807) is 0 Å². The lowest BCUT2D eigenvalue weighted by atomic mass is 10.5. The van der Waals surface area contributed by atoms with E-state index in [1.807, 2.05) is 27.7 Å². The van der Waals surface area contributed by atoms with Crippen LogP contribution in [0.15, 0.2) is 0 Å². The molecule has 11 heavy (non-hydrogen) atoms. The molecule has 0 heterocycles. The summed E-state index contributed by atoms with van der Waals surface area (Å²) in [7, 11) is 0. The molecule has 0 aliphatic rings. The van der Waals surface area contributed by atoms with Gasteiger partial charge < -0.3 is 8.85 Å². The largest absolute Gasteiger partial charge is 0.477 e. The molecule has 0 amide bonds. The van der Waals surface area contributed by atoms with Gasteiger partial charge in [-0.15, -0.1) is 0 Å². The van der Waals surface area contributed by atoms with Gasteiger partial charge in [-0.05, 0) is 71.3 Å². The van der Waals surface area contributed by atoms with E-state index in [0.29, 0.717) is 0 Å². The summed E-state index contributed by atoms with van der Waals surface area (Å²) >= 11 is 4.57. The van der Waals surface area contributed by atoms with Crippen LogP contribution in [-0.4, -0.2) is 15.8 Å². The van der Waals surface area contributed by atoms with Gasteiger partial charge in [0.2, 0.25) is 0 Å². The van der Waals surface area contributed by atoms with E-state index >= 15 is 0 Å². The lowest BCUT2D eigenvalue weighted by Gasteiger charge is -2.23. The van der Waals surface area contributed by atoms with Crippen molar-refractivity contribution in [3.05, 3.63) is 0 Å². The first-order valence-electron chi connectivity index (χ1n) is 3.57. The number of rotatable bonds is 4. The van der Waals surface area contributed by atoms with Crippen LogP contribution < -0.4 is 0 Å². The quantitative estimate of drug-likeness (QED) is 0.410. The van der Waals surface area contributed by atoms with Gasteiger partial charge in [0.25, 0.3) is 0 Å². The Labute approximate surface area is 95.1 Å². The highest BCUT2D eigenvalue weighted by molar-refractivity contribution is 14.3. The van der Waals surface area contributed by atoms with Crippen molar-refractivity contribution in [2.45, 2.75) is 39.9 Å². The highest BCUT2D eigenvalue weighted by Gasteiger charge is 2.33. The SMILES string of the molecule is CC(C)O[Si](I)(I)OC(C)C. The van der Waals surface area contributed by atoms with Gasteiger partial charge in [0.15, 0.2) is 0 Å². The van der Waals surface area contributed by atoms with E-state index in [1.165, 1.54) is 0 Å². The monoisotopic (exact) mass is 400 g/mol. The van der Waals surface area contributed by atoms with Crippen molar-refractivity contribution in [3.8, 4) is 0 Å². The Hall–Kier alpha value is 1.60. The molecule has 2 nitrogen and oxygen atoms in total. The van der Waals surface area contributed by atoms with Gasteiger partial charge >= 0.3 is 3.55 Å². The molecule has 5 heteroatoms. The lowest BCUT2D eigenvalue weighted by molar-refractivity contribution is 0.145. The molecule has 0 aliphatic heterocycles. The normalized spacial score (nSPS) is 13.1. The molecule has 0 bridgehead atoms. The molecular weight excluding hydrogens is 386 g/mol. The zero-order valence-electron chi connectivity index (χ0n) is 7.23. The first-order chi connectivity index (χ1) is 4.83. The molecule has 0 rings (SSSR count). The van der Waals surface area contributed by atoms with Gasteiger partial charge in [-0.1, -0.05) is 0 Å². The van der Waals surface area contributed by atoms with Crippen molar-refractivity contribution >= 4 is 47.1 Å². The van der Waals surface area contributed by atoms with Crippen molar-refractivity contribution < 1.29 is 8.85 Å². The van der Waals surface area contributed by atoms with Crippen molar-refractivity contribution in [2.75, 3.05) is 0 Å². The summed E-state index contributed by atoms with van der Waals surface area (Å²) in [4.78, 5) is 0. The molecule has 68 valence electrons. The minimum Gasteiger partial charge on any atom is -0.377 e. The van der Waals surface area contributed by atoms with Crippen molar-refractivity contribution in [2.24, 2.45) is 0 Å². The minimum absolute atomic E-state index is 0.259. The van der Waals surface area contributed by atoms with Crippen LogP contribution in [0.5, 0.6) is 0 Å². The maximum atomic E-state index is 5.64. The molecule has 0 aromatic rings. The molecule has 0 radical (unpaired) electrons. The topological polar surface area (TPSA) is 18.5 Å². The molecule has 0 aromatic heterocycles. The van der Waals surface area contributed by atoms with Crippen LogP contribution in [0.2, 0.25) is 0 Å². The van der Waals surface area contributed by atoms with Crippen LogP contribution in [0.4, 0.5) is 0 Å². The van der Waals surface area contributed by atoms with Crippen LogP contribution in [0.25, 0.3) is 0 Å². The molecule has 0 unspecified atom stereocenters. The maximum Gasteiger partial charge on any atom is 0.477 e. The lowest BCUT2D eigenvalue weighted by Crippen LogP contribution is -2.33. The molecule has 0 atom stereocenters. The summed E-state index contributed by atoms with van der Waals surface area (Å²) < 4.78 is 9.39. The Bertz CT molecular complexity index is 105. The molecule has 0 saturated heterocycles. The summed E-state index contributed by atoms with van der Waals surface area (Å²) in [5.41, 5.74) is 0. The van der Waals surface area contributed by atoms with Gasteiger partial charge in [-0.25, -0.2) is 0 Å². The Balaban J connectivity index is 3.79. The van der Waals surface area contributed by atoms with E-state index < -0.39 is 3.55 Å². The molecule has 0 aromatic carbocycles. The summed E-state index contributed by atoms with van der Waals surface area (Å²) in [6, 6.07) is 0. The van der Waals surface area contributed by atoms with E-state index in [4.69, 9.17) is 8.85 Å². The van der Waals surface area contributed by atoms with Crippen molar-refractivity contribution in [3.63, 3.8) is 0 Å². The Morgan fingerprint density at radius 2 is 1.18 bits per heavy atom. The van der Waals surface area contributed by atoms with Gasteiger partial charge in [-0.2, -0.15) is 0 Å². The maximum absolute atomic E-state index is 5.64. The summed E-state index contributed by atoms with van der Waals surface area (Å²) in [6.45, 7) is 8.12. The molecule has 0 N–H and O–H groups in total. The first-order valence-corrected chi connectivity index (χ1v) is 11.6.